The molecule has 2 aliphatic rings. The Morgan fingerprint density at radius 1 is 1.26 bits per heavy atom. The number of aliphatic hydroxyl groups is 1. The predicted octanol–water partition coefficient (Wildman–Crippen LogP) is 1.84. The lowest BCUT2D eigenvalue weighted by Gasteiger charge is -2.34. The van der Waals surface area contributed by atoms with Gasteiger partial charge in [-0.05, 0) is 37.1 Å². The van der Waals surface area contributed by atoms with Crippen molar-refractivity contribution in [3.05, 3.63) is 36.0 Å². The van der Waals surface area contributed by atoms with E-state index >= 15 is 0 Å². The molecule has 168 valence electrons. The largest absolute Gasteiger partial charge is 0.497 e. The van der Waals surface area contributed by atoms with E-state index in [-0.39, 0.29) is 18.7 Å². The first kappa shape index (κ1) is 21.6. The van der Waals surface area contributed by atoms with Crippen molar-refractivity contribution in [1.82, 2.24) is 15.4 Å². The van der Waals surface area contributed by atoms with Crippen molar-refractivity contribution < 1.29 is 28.6 Å². The molecule has 2 N–H and O–H groups in total. The highest BCUT2D eigenvalue weighted by atomic mass is 16.5. The normalized spacial score (nSPS) is 24.1. The summed E-state index contributed by atoms with van der Waals surface area (Å²) in [5.74, 6) is 1.47. The highest BCUT2D eigenvalue weighted by Crippen LogP contribution is 2.26. The number of amides is 2. The number of carbonyl (C=O) groups is 1. The minimum Gasteiger partial charge on any atom is -0.497 e. The van der Waals surface area contributed by atoms with E-state index in [1.165, 1.54) is 0 Å². The van der Waals surface area contributed by atoms with Crippen molar-refractivity contribution in [3.8, 4) is 17.1 Å². The van der Waals surface area contributed by atoms with Gasteiger partial charge in [-0.1, -0.05) is 5.16 Å². The van der Waals surface area contributed by atoms with Crippen LogP contribution in [-0.2, 0) is 15.9 Å². The number of aromatic nitrogens is 1. The molecule has 2 aromatic rings. The van der Waals surface area contributed by atoms with E-state index in [9.17, 15) is 9.90 Å². The van der Waals surface area contributed by atoms with Crippen LogP contribution in [0.2, 0.25) is 0 Å². The molecule has 9 heteroatoms. The molecule has 1 aromatic heterocycles. The number of rotatable bonds is 6. The number of aliphatic hydroxyl groups excluding tert-OH is 1. The number of nitrogens with one attached hydrogen (secondary N) is 1. The summed E-state index contributed by atoms with van der Waals surface area (Å²) in [6.45, 7) is 2.52. The maximum absolute atomic E-state index is 12.3. The Bertz CT molecular complexity index is 849. The average Bonchev–Trinajstić information content (AvgIpc) is 3.28. The first-order valence-corrected chi connectivity index (χ1v) is 10.7. The third kappa shape index (κ3) is 5.55. The number of urea groups is 1. The van der Waals surface area contributed by atoms with Crippen molar-refractivity contribution in [3.63, 3.8) is 0 Å². The lowest BCUT2D eigenvalue weighted by molar-refractivity contribution is -0.114. The standard InChI is InChI=1S/C22H29N3O6/c1-28-17-4-2-15(3-5-17)20-13-16(24-31-20)12-18-6-7-19(26)21(30-18)14-23-22(27)25-8-10-29-11-9-25/h2-5,13,18-19,21,26H,6-12,14H2,1H3,(H,23,27)/t18-,19-,21+/m0/s1. The first-order valence-electron chi connectivity index (χ1n) is 10.7. The Kier molecular flexibility index (Phi) is 7.06. The van der Waals surface area contributed by atoms with Crippen LogP contribution in [0, 0.1) is 0 Å². The van der Waals surface area contributed by atoms with E-state index in [1.54, 1.807) is 12.0 Å². The molecule has 1 aromatic carbocycles. The fraction of sp³-hybridized carbons (Fsp3) is 0.545. The molecule has 0 radical (unpaired) electrons. The van der Waals surface area contributed by atoms with E-state index in [0.29, 0.717) is 44.9 Å². The summed E-state index contributed by atoms with van der Waals surface area (Å²) in [6.07, 6.45) is 0.777. The van der Waals surface area contributed by atoms with E-state index < -0.39 is 12.2 Å². The van der Waals surface area contributed by atoms with E-state index in [2.05, 4.69) is 10.5 Å². The molecule has 0 spiro atoms. The predicted molar refractivity (Wildman–Crippen MR) is 112 cm³/mol. The second-order valence-electron chi connectivity index (χ2n) is 7.84. The molecule has 0 bridgehead atoms. The van der Waals surface area contributed by atoms with Gasteiger partial charge >= 0.3 is 6.03 Å². The molecule has 4 rings (SSSR count). The molecule has 2 aliphatic heterocycles. The van der Waals surface area contributed by atoms with Crippen LogP contribution < -0.4 is 10.1 Å². The van der Waals surface area contributed by atoms with Crippen molar-refractivity contribution in [2.75, 3.05) is 40.0 Å². The summed E-state index contributed by atoms with van der Waals surface area (Å²) >= 11 is 0. The van der Waals surface area contributed by atoms with Gasteiger partial charge < -0.3 is 34.1 Å². The zero-order valence-corrected chi connectivity index (χ0v) is 17.7. The van der Waals surface area contributed by atoms with Gasteiger partial charge in [-0.3, -0.25) is 0 Å². The third-order valence-electron chi connectivity index (χ3n) is 5.70. The Morgan fingerprint density at radius 2 is 2.03 bits per heavy atom. The Labute approximate surface area is 181 Å². The quantitative estimate of drug-likeness (QED) is 0.719. The zero-order valence-electron chi connectivity index (χ0n) is 17.7. The van der Waals surface area contributed by atoms with Crippen LogP contribution in [0.15, 0.2) is 34.9 Å². The molecule has 0 aliphatic carbocycles. The van der Waals surface area contributed by atoms with Crippen LogP contribution >= 0.6 is 0 Å². The number of hydrogen-bond acceptors (Lipinski definition) is 7. The van der Waals surface area contributed by atoms with Crippen LogP contribution in [0.25, 0.3) is 11.3 Å². The van der Waals surface area contributed by atoms with Gasteiger partial charge in [0.15, 0.2) is 5.76 Å². The summed E-state index contributed by atoms with van der Waals surface area (Å²) in [6, 6.07) is 9.35. The molecule has 2 saturated heterocycles. The summed E-state index contributed by atoms with van der Waals surface area (Å²) in [5.41, 5.74) is 1.71. The van der Waals surface area contributed by atoms with Gasteiger partial charge in [0.1, 0.15) is 11.9 Å². The number of carbonyl (C=O) groups excluding carboxylic acids is 1. The number of ether oxygens (including phenoxy) is 3. The van der Waals surface area contributed by atoms with Crippen LogP contribution in [0.3, 0.4) is 0 Å². The summed E-state index contributed by atoms with van der Waals surface area (Å²) in [4.78, 5) is 14.0. The highest BCUT2D eigenvalue weighted by Gasteiger charge is 2.31. The minimum atomic E-state index is -0.603. The van der Waals surface area contributed by atoms with E-state index in [4.69, 9.17) is 18.7 Å². The van der Waals surface area contributed by atoms with Crippen LogP contribution in [0.1, 0.15) is 18.5 Å². The molecular weight excluding hydrogens is 402 g/mol. The molecule has 3 heterocycles. The number of methoxy groups -OCH3 is 1. The third-order valence-corrected chi connectivity index (χ3v) is 5.70. The van der Waals surface area contributed by atoms with Crippen molar-refractivity contribution >= 4 is 6.03 Å². The zero-order chi connectivity index (χ0) is 21.6. The van der Waals surface area contributed by atoms with Gasteiger partial charge in [-0.25, -0.2) is 4.79 Å². The molecule has 2 amide bonds. The molecule has 0 unspecified atom stereocenters. The Balaban J connectivity index is 1.30. The minimum absolute atomic E-state index is 0.0949. The number of benzene rings is 1. The number of hydrogen-bond donors (Lipinski definition) is 2. The van der Waals surface area contributed by atoms with Crippen molar-refractivity contribution in [2.45, 2.75) is 37.6 Å². The van der Waals surface area contributed by atoms with Crippen LogP contribution in [0.5, 0.6) is 5.75 Å². The average molecular weight is 431 g/mol. The molecular formula is C22H29N3O6. The SMILES string of the molecule is COc1ccc(-c2cc(C[C@@H]3CC[C@H](O)[C@@H](CNC(=O)N4CCOCC4)O3)no2)cc1. The topological polar surface area (TPSA) is 106 Å². The van der Waals surface area contributed by atoms with Crippen molar-refractivity contribution in [2.24, 2.45) is 0 Å². The monoisotopic (exact) mass is 431 g/mol. The number of nitrogens with zero attached hydrogens (tertiary/aromatic N) is 2. The summed E-state index contributed by atoms with van der Waals surface area (Å²) in [7, 11) is 1.63. The van der Waals surface area contributed by atoms with E-state index in [0.717, 1.165) is 23.4 Å². The molecule has 9 nitrogen and oxygen atoms in total. The summed E-state index contributed by atoms with van der Waals surface area (Å²) < 4.78 is 22.0. The lowest BCUT2D eigenvalue weighted by atomic mass is 9.98. The van der Waals surface area contributed by atoms with Gasteiger partial charge in [0, 0.05) is 37.7 Å². The highest BCUT2D eigenvalue weighted by molar-refractivity contribution is 5.74. The fourth-order valence-corrected chi connectivity index (χ4v) is 3.88. The lowest BCUT2D eigenvalue weighted by Crippen LogP contribution is -2.51. The maximum atomic E-state index is 12.3. The van der Waals surface area contributed by atoms with E-state index in [1.807, 2.05) is 30.3 Å². The van der Waals surface area contributed by atoms with Gasteiger partial charge in [0.05, 0.1) is 38.2 Å². The van der Waals surface area contributed by atoms with Crippen molar-refractivity contribution in [1.29, 1.82) is 0 Å². The molecule has 2 fully saturated rings. The second kappa shape index (κ2) is 10.1. The first-order chi connectivity index (χ1) is 15.1. The Morgan fingerprint density at radius 3 is 2.77 bits per heavy atom. The molecule has 0 saturated carbocycles. The van der Waals surface area contributed by atoms with Gasteiger partial charge in [-0.15, -0.1) is 0 Å². The molecule has 31 heavy (non-hydrogen) atoms. The number of morpholine rings is 1. The molecule has 3 atom stereocenters. The fourth-order valence-electron chi connectivity index (χ4n) is 3.88. The van der Waals surface area contributed by atoms with Gasteiger partial charge in [-0.2, -0.15) is 0 Å². The smallest absolute Gasteiger partial charge is 0.317 e. The second-order valence-corrected chi connectivity index (χ2v) is 7.84. The maximum Gasteiger partial charge on any atom is 0.317 e. The van der Waals surface area contributed by atoms with Crippen LogP contribution in [-0.4, -0.2) is 79.5 Å². The van der Waals surface area contributed by atoms with Gasteiger partial charge in [0.2, 0.25) is 0 Å². The van der Waals surface area contributed by atoms with Crippen LogP contribution in [0.4, 0.5) is 4.79 Å². The Hall–Kier alpha value is -2.62. The summed E-state index contributed by atoms with van der Waals surface area (Å²) in [5, 5.41) is 17.4. The van der Waals surface area contributed by atoms with Gasteiger partial charge in [0.25, 0.3) is 0 Å².